The Labute approximate surface area is 99.7 Å². The molecular formula is C14H12N2O. The summed E-state index contributed by atoms with van der Waals surface area (Å²) in [6, 6.07) is 11.6. The van der Waals surface area contributed by atoms with Crippen molar-refractivity contribution in [3.63, 3.8) is 0 Å². The first-order chi connectivity index (χ1) is 8.36. The molecule has 0 unspecified atom stereocenters. The Morgan fingerprint density at radius 3 is 2.94 bits per heavy atom. The molecule has 3 rings (SSSR count). The van der Waals surface area contributed by atoms with Crippen LogP contribution in [0.25, 0.3) is 10.9 Å². The summed E-state index contributed by atoms with van der Waals surface area (Å²) >= 11 is 0. The molecule has 3 nitrogen and oxygen atoms in total. The Hall–Kier alpha value is -2.08. The summed E-state index contributed by atoms with van der Waals surface area (Å²) in [5.41, 5.74) is 1.44. The lowest BCUT2D eigenvalue weighted by Gasteiger charge is -2.06. The van der Waals surface area contributed by atoms with Crippen molar-refractivity contribution >= 4 is 10.9 Å². The second-order valence-corrected chi connectivity index (χ2v) is 4.39. The molecule has 0 N–H and O–H groups in total. The summed E-state index contributed by atoms with van der Waals surface area (Å²) in [5.74, 6) is 1.25. The Bertz CT molecular complexity index is 597. The number of hydrogen-bond acceptors (Lipinski definition) is 3. The van der Waals surface area contributed by atoms with Crippen LogP contribution in [-0.4, -0.2) is 11.6 Å². The molecule has 17 heavy (non-hydrogen) atoms. The van der Waals surface area contributed by atoms with Gasteiger partial charge in [-0.3, -0.25) is 0 Å². The largest absolute Gasteiger partial charge is 0.477 e. The number of benzene rings is 1. The molecule has 1 aromatic heterocycles. The molecule has 0 aliphatic heterocycles. The molecule has 1 saturated carbocycles. The van der Waals surface area contributed by atoms with E-state index in [1.807, 2.05) is 24.3 Å². The van der Waals surface area contributed by atoms with Gasteiger partial charge in [-0.15, -0.1) is 0 Å². The highest BCUT2D eigenvalue weighted by molar-refractivity contribution is 5.85. The summed E-state index contributed by atoms with van der Waals surface area (Å²) in [5, 5.41) is 10.00. The zero-order chi connectivity index (χ0) is 11.7. The minimum absolute atomic E-state index is 0.562. The molecular weight excluding hydrogens is 212 g/mol. The zero-order valence-electron chi connectivity index (χ0n) is 9.39. The third kappa shape index (κ3) is 2.07. The van der Waals surface area contributed by atoms with Crippen molar-refractivity contribution < 1.29 is 4.74 Å². The molecule has 0 bridgehead atoms. The maximum Gasteiger partial charge on any atom is 0.215 e. The fraction of sp³-hybridized carbons (Fsp3) is 0.286. The van der Waals surface area contributed by atoms with Crippen LogP contribution in [0.15, 0.2) is 30.3 Å². The average Bonchev–Trinajstić information content (AvgIpc) is 3.19. The second kappa shape index (κ2) is 4.06. The smallest absolute Gasteiger partial charge is 0.215 e. The predicted molar refractivity (Wildman–Crippen MR) is 64.7 cm³/mol. The first kappa shape index (κ1) is 10.1. The Balaban J connectivity index is 1.98. The highest BCUT2D eigenvalue weighted by Gasteiger charge is 2.22. The van der Waals surface area contributed by atoms with Gasteiger partial charge < -0.3 is 4.74 Å². The van der Waals surface area contributed by atoms with E-state index in [0.717, 1.165) is 17.5 Å². The van der Waals surface area contributed by atoms with Crippen LogP contribution in [0.4, 0.5) is 0 Å². The van der Waals surface area contributed by atoms with E-state index in [0.29, 0.717) is 17.4 Å². The summed E-state index contributed by atoms with van der Waals surface area (Å²) in [6.45, 7) is 0.718. The topological polar surface area (TPSA) is 45.9 Å². The maximum absolute atomic E-state index is 9.12. The molecule has 1 aliphatic carbocycles. The van der Waals surface area contributed by atoms with Gasteiger partial charge in [-0.1, -0.05) is 18.2 Å². The molecule has 1 aliphatic rings. The highest BCUT2D eigenvalue weighted by Crippen LogP contribution is 2.30. The quantitative estimate of drug-likeness (QED) is 0.805. The van der Waals surface area contributed by atoms with Gasteiger partial charge in [-0.25, -0.2) is 4.98 Å². The van der Waals surface area contributed by atoms with Gasteiger partial charge in [0.15, 0.2) is 0 Å². The highest BCUT2D eigenvalue weighted by atomic mass is 16.5. The first-order valence-electron chi connectivity index (χ1n) is 5.79. The van der Waals surface area contributed by atoms with Crippen molar-refractivity contribution in [1.82, 2.24) is 4.98 Å². The van der Waals surface area contributed by atoms with E-state index >= 15 is 0 Å². The second-order valence-electron chi connectivity index (χ2n) is 4.39. The molecule has 0 amide bonds. The van der Waals surface area contributed by atoms with Gasteiger partial charge in [0.25, 0.3) is 0 Å². The Kier molecular flexibility index (Phi) is 2.41. The van der Waals surface area contributed by atoms with Crippen molar-refractivity contribution in [2.24, 2.45) is 5.92 Å². The Morgan fingerprint density at radius 2 is 2.18 bits per heavy atom. The normalized spacial score (nSPS) is 14.5. The lowest BCUT2D eigenvalue weighted by atomic mass is 10.1. The van der Waals surface area contributed by atoms with Crippen LogP contribution in [0.1, 0.15) is 18.4 Å². The molecule has 0 saturated heterocycles. The van der Waals surface area contributed by atoms with E-state index in [1.54, 1.807) is 6.07 Å². The third-order valence-electron chi connectivity index (χ3n) is 2.98. The fourth-order valence-corrected chi connectivity index (χ4v) is 1.81. The standard InChI is InChI=1S/C14H12N2O/c15-8-11-7-14(17-9-10-5-6-10)16-13-4-2-1-3-12(11)13/h1-4,7,10H,5-6,9H2. The number of hydrogen-bond donors (Lipinski definition) is 0. The number of pyridine rings is 1. The van der Waals surface area contributed by atoms with Gasteiger partial charge in [-0.2, -0.15) is 5.26 Å². The SMILES string of the molecule is N#Cc1cc(OCC2CC2)nc2ccccc12. The van der Waals surface area contributed by atoms with Gasteiger partial charge in [0.05, 0.1) is 17.7 Å². The van der Waals surface area contributed by atoms with E-state index in [2.05, 4.69) is 11.1 Å². The minimum Gasteiger partial charge on any atom is -0.477 e. The number of aromatic nitrogens is 1. The van der Waals surface area contributed by atoms with Gasteiger partial charge in [0, 0.05) is 11.5 Å². The summed E-state index contributed by atoms with van der Waals surface area (Å²) < 4.78 is 5.62. The number of fused-ring (bicyclic) bond motifs is 1. The summed E-state index contributed by atoms with van der Waals surface area (Å²) in [6.07, 6.45) is 2.50. The fourth-order valence-electron chi connectivity index (χ4n) is 1.81. The van der Waals surface area contributed by atoms with Crippen LogP contribution in [-0.2, 0) is 0 Å². The molecule has 0 atom stereocenters. The van der Waals surface area contributed by atoms with Gasteiger partial charge in [0.1, 0.15) is 6.07 Å². The van der Waals surface area contributed by atoms with Gasteiger partial charge in [0.2, 0.25) is 5.88 Å². The van der Waals surface area contributed by atoms with Crippen molar-refractivity contribution in [2.75, 3.05) is 6.61 Å². The number of para-hydroxylation sites is 1. The van der Waals surface area contributed by atoms with Crippen LogP contribution in [0.2, 0.25) is 0 Å². The first-order valence-corrected chi connectivity index (χ1v) is 5.79. The number of ether oxygens (including phenoxy) is 1. The van der Waals surface area contributed by atoms with E-state index in [9.17, 15) is 0 Å². The molecule has 0 radical (unpaired) electrons. The average molecular weight is 224 g/mol. The predicted octanol–water partition coefficient (Wildman–Crippen LogP) is 2.90. The zero-order valence-corrected chi connectivity index (χ0v) is 9.39. The van der Waals surface area contributed by atoms with E-state index in [4.69, 9.17) is 10.00 Å². The number of nitriles is 1. The van der Waals surface area contributed by atoms with E-state index < -0.39 is 0 Å². The molecule has 1 aromatic carbocycles. The lowest BCUT2D eigenvalue weighted by molar-refractivity contribution is 0.289. The van der Waals surface area contributed by atoms with Gasteiger partial charge in [-0.05, 0) is 24.8 Å². The third-order valence-corrected chi connectivity index (χ3v) is 2.98. The monoisotopic (exact) mass is 224 g/mol. The van der Waals surface area contributed by atoms with Crippen LogP contribution >= 0.6 is 0 Å². The van der Waals surface area contributed by atoms with Crippen molar-refractivity contribution in [3.8, 4) is 11.9 Å². The van der Waals surface area contributed by atoms with Crippen LogP contribution in [0, 0.1) is 17.2 Å². The molecule has 0 spiro atoms. The maximum atomic E-state index is 9.12. The number of rotatable bonds is 3. The van der Waals surface area contributed by atoms with Crippen molar-refractivity contribution in [3.05, 3.63) is 35.9 Å². The van der Waals surface area contributed by atoms with Crippen LogP contribution in [0.5, 0.6) is 5.88 Å². The minimum atomic E-state index is 0.562. The van der Waals surface area contributed by atoms with Crippen molar-refractivity contribution in [1.29, 1.82) is 5.26 Å². The Morgan fingerprint density at radius 1 is 1.35 bits per heavy atom. The number of nitrogens with zero attached hydrogens (tertiary/aromatic N) is 2. The summed E-state index contributed by atoms with van der Waals surface area (Å²) in [4.78, 5) is 4.41. The summed E-state index contributed by atoms with van der Waals surface area (Å²) in [7, 11) is 0. The molecule has 3 heteroatoms. The van der Waals surface area contributed by atoms with Crippen LogP contribution in [0.3, 0.4) is 0 Å². The van der Waals surface area contributed by atoms with Gasteiger partial charge >= 0.3 is 0 Å². The molecule has 1 heterocycles. The lowest BCUT2D eigenvalue weighted by Crippen LogP contribution is -2.01. The molecule has 1 fully saturated rings. The van der Waals surface area contributed by atoms with Crippen molar-refractivity contribution in [2.45, 2.75) is 12.8 Å². The van der Waals surface area contributed by atoms with E-state index in [-0.39, 0.29) is 0 Å². The molecule has 84 valence electrons. The van der Waals surface area contributed by atoms with E-state index in [1.165, 1.54) is 12.8 Å². The van der Waals surface area contributed by atoms with Crippen LogP contribution < -0.4 is 4.74 Å². The molecule has 2 aromatic rings.